The summed E-state index contributed by atoms with van der Waals surface area (Å²) in [5.41, 5.74) is 0.911. The molecule has 0 aromatic heterocycles. The molecule has 2 N–H and O–H groups in total. The minimum atomic E-state index is -3.35. The van der Waals surface area contributed by atoms with Crippen molar-refractivity contribution in [2.75, 3.05) is 22.4 Å². The fourth-order valence-electron chi connectivity index (χ4n) is 1.85. The molecule has 1 aromatic carbocycles. The summed E-state index contributed by atoms with van der Waals surface area (Å²) in [4.78, 5) is 11.5. The molecule has 1 aromatic rings. The first kappa shape index (κ1) is 14.6. The molecule has 1 aliphatic heterocycles. The zero-order chi connectivity index (χ0) is 14.6. The van der Waals surface area contributed by atoms with Crippen molar-refractivity contribution < 1.29 is 17.9 Å². The molecule has 0 saturated heterocycles. The van der Waals surface area contributed by atoms with E-state index in [1.807, 2.05) is 6.92 Å². The monoisotopic (exact) mass is 298 g/mol. The van der Waals surface area contributed by atoms with Crippen LogP contribution in [-0.2, 0) is 14.8 Å². The Morgan fingerprint density at radius 2 is 2.20 bits per heavy atom. The van der Waals surface area contributed by atoms with E-state index in [0.717, 1.165) is 6.42 Å². The van der Waals surface area contributed by atoms with Gasteiger partial charge in [0, 0.05) is 0 Å². The summed E-state index contributed by atoms with van der Waals surface area (Å²) in [5, 5.41) is 2.69. The molecule has 0 aliphatic carbocycles. The van der Waals surface area contributed by atoms with Gasteiger partial charge in [-0.2, -0.15) is 0 Å². The number of carbonyl (C=O) groups is 1. The summed E-state index contributed by atoms with van der Waals surface area (Å²) in [6.45, 7) is 2.26. The van der Waals surface area contributed by atoms with Crippen LogP contribution in [0.5, 0.6) is 5.75 Å². The van der Waals surface area contributed by atoms with Gasteiger partial charge in [-0.25, -0.2) is 8.42 Å². The van der Waals surface area contributed by atoms with Gasteiger partial charge in [0.15, 0.2) is 0 Å². The lowest BCUT2D eigenvalue weighted by atomic mass is 10.2. The third kappa shape index (κ3) is 3.86. The molecule has 0 unspecified atom stereocenters. The second-order valence-corrected chi connectivity index (χ2v) is 6.47. The molecule has 6 nitrogen and oxygen atoms in total. The minimum Gasteiger partial charge on any atom is -0.491 e. The molecule has 0 saturated carbocycles. The number of unbranched alkanes of at least 4 members (excludes halogenated alkanes) is 1. The zero-order valence-electron chi connectivity index (χ0n) is 11.3. The molecule has 0 atom stereocenters. The number of amides is 1. The van der Waals surface area contributed by atoms with Crippen LogP contribution in [0.3, 0.4) is 0 Å². The molecule has 1 heterocycles. The summed E-state index contributed by atoms with van der Waals surface area (Å²) in [5.74, 6) is 0.491. The fourth-order valence-corrected chi connectivity index (χ4v) is 3.11. The van der Waals surface area contributed by atoms with Gasteiger partial charge in [-0.3, -0.25) is 9.52 Å². The van der Waals surface area contributed by atoms with Crippen molar-refractivity contribution in [2.45, 2.75) is 26.2 Å². The van der Waals surface area contributed by atoms with Crippen LogP contribution in [0.1, 0.15) is 26.2 Å². The smallest absolute Gasteiger partial charge is 0.232 e. The molecule has 1 amide bonds. The number of ether oxygens (including phenoxy) is 1. The van der Waals surface area contributed by atoms with E-state index in [-0.39, 0.29) is 18.1 Å². The van der Waals surface area contributed by atoms with Crippen LogP contribution in [0.15, 0.2) is 18.2 Å². The quantitative estimate of drug-likeness (QED) is 0.870. The van der Waals surface area contributed by atoms with Crippen LogP contribution in [0.25, 0.3) is 0 Å². The predicted molar refractivity (Wildman–Crippen MR) is 77.5 cm³/mol. The molecule has 110 valence electrons. The maximum atomic E-state index is 11.8. The van der Waals surface area contributed by atoms with E-state index in [2.05, 4.69) is 10.0 Å². The summed E-state index contributed by atoms with van der Waals surface area (Å²) in [6.07, 6.45) is 1.71. The SMILES string of the molecule is CCCCS(=O)(=O)Nc1ccc2c(c1)NC(=O)CCO2. The Bertz CT molecular complexity index is 598. The Balaban J connectivity index is 2.16. The van der Waals surface area contributed by atoms with Gasteiger partial charge in [0.05, 0.1) is 30.2 Å². The predicted octanol–water partition coefficient (Wildman–Crippen LogP) is 1.95. The average Bonchev–Trinajstić information content (AvgIpc) is 2.56. The maximum absolute atomic E-state index is 11.8. The first-order valence-electron chi connectivity index (χ1n) is 6.57. The van der Waals surface area contributed by atoms with Gasteiger partial charge >= 0.3 is 0 Å². The first-order valence-corrected chi connectivity index (χ1v) is 8.22. The highest BCUT2D eigenvalue weighted by atomic mass is 32.2. The second-order valence-electron chi connectivity index (χ2n) is 4.63. The molecule has 0 fully saturated rings. The Hall–Kier alpha value is -1.76. The molecule has 0 spiro atoms. The maximum Gasteiger partial charge on any atom is 0.232 e. The van der Waals surface area contributed by atoms with Crippen molar-refractivity contribution in [3.8, 4) is 5.75 Å². The second kappa shape index (κ2) is 6.13. The van der Waals surface area contributed by atoms with Gasteiger partial charge in [0.2, 0.25) is 15.9 Å². The van der Waals surface area contributed by atoms with E-state index < -0.39 is 10.0 Å². The van der Waals surface area contributed by atoms with E-state index in [4.69, 9.17) is 4.74 Å². The topological polar surface area (TPSA) is 84.5 Å². The molecule has 0 bridgehead atoms. The molecule has 2 rings (SSSR count). The lowest BCUT2D eigenvalue weighted by molar-refractivity contribution is -0.116. The highest BCUT2D eigenvalue weighted by molar-refractivity contribution is 7.92. The molecule has 7 heteroatoms. The number of hydrogen-bond acceptors (Lipinski definition) is 4. The molecule has 20 heavy (non-hydrogen) atoms. The van der Waals surface area contributed by atoms with E-state index in [9.17, 15) is 13.2 Å². The number of benzene rings is 1. The number of fused-ring (bicyclic) bond motifs is 1. The van der Waals surface area contributed by atoms with Crippen molar-refractivity contribution in [2.24, 2.45) is 0 Å². The van der Waals surface area contributed by atoms with Crippen molar-refractivity contribution in [3.63, 3.8) is 0 Å². The fraction of sp³-hybridized carbons (Fsp3) is 0.462. The standard InChI is InChI=1S/C13H18N2O4S/c1-2-3-8-20(17,18)15-10-4-5-12-11(9-10)14-13(16)6-7-19-12/h4-5,9,15H,2-3,6-8H2,1H3,(H,14,16). The zero-order valence-corrected chi connectivity index (χ0v) is 12.1. The van der Waals surface area contributed by atoms with Crippen LogP contribution < -0.4 is 14.8 Å². The number of rotatable bonds is 5. The van der Waals surface area contributed by atoms with Crippen LogP contribution >= 0.6 is 0 Å². The van der Waals surface area contributed by atoms with Gasteiger partial charge in [0.1, 0.15) is 5.75 Å². The van der Waals surface area contributed by atoms with Crippen LogP contribution in [0, 0.1) is 0 Å². The van der Waals surface area contributed by atoms with Gasteiger partial charge in [-0.05, 0) is 24.6 Å². The lowest BCUT2D eigenvalue weighted by Gasteiger charge is -2.11. The summed E-state index contributed by atoms with van der Waals surface area (Å²) in [7, 11) is -3.35. The number of nitrogens with one attached hydrogen (secondary N) is 2. The van der Waals surface area contributed by atoms with Gasteiger partial charge in [0.25, 0.3) is 0 Å². The lowest BCUT2D eigenvalue weighted by Crippen LogP contribution is -2.16. The molecule has 0 radical (unpaired) electrons. The van der Waals surface area contributed by atoms with Crippen molar-refractivity contribution in [1.82, 2.24) is 0 Å². The highest BCUT2D eigenvalue weighted by Crippen LogP contribution is 2.30. The molecule has 1 aliphatic rings. The number of anilines is 2. The summed E-state index contributed by atoms with van der Waals surface area (Å²) >= 11 is 0. The Kier molecular flexibility index (Phi) is 4.49. The van der Waals surface area contributed by atoms with Gasteiger partial charge in [-0.1, -0.05) is 13.3 Å². The van der Waals surface area contributed by atoms with E-state index in [0.29, 0.717) is 30.2 Å². The highest BCUT2D eigenvalue weighted by Gasteiger charge is 2.16. The Morgan fingerprint density at radius 3 is 2.95 bits per heavy atom. The number of sulfonamides is 1. The van der Waals surface area contributed by atoms with Crippen LogP contribution in [-0.4, -0.2) is 26.7 Å². The van der Waals surface area contributed by atoms with Crippen molar-refractivity contribution in [3.05, 3.63) is 18.2 Å². The van der Waals surface area contributed by atoms with Crippen LogP contribution in [0.4, 0.5) is 11.4 Å². The van der Waals surface area contributed by atoms with Gasteiger partial charge in [-0.15, -0.1) is 0 Å². The Morgan fingerprint density at radius 1 is 1.40 bits per heavy atom. The third-order valence-corrected chi connectivity index (χ3v) is 4.25. The van der Waals surface area contributed by atoms with E-state index >= 15 is 0 Å². The van der Waals surface area contributed by atoms with Crippen molar-refractivity contribution >= 4 is 27.3 Å². The van der Waals surface area contributed by atoms with Crippen LogP contribution in [0.2, 0.25) is 0 Å². The van der Waals surface area contributed by atoms with Gasteiger partial charge < -0.3 is 10.1 Å². The third-order valence-electron chi connectivity index (χ3n) is 2.88. The average molecular weight is 298 g/mol. The Labute approximate surface area is 118 Å². The largest absolute Gasteiger partial charge is 0.491 e. The normalized spacial score (nSPS) is 14.8. The van der Waals surface area contributed by atoms with E-state index in [1.54, 1.807) is 18.2 Å². The molecular formula is C13H18N2O4S. The van der Waals surface area contributed by atoms with E-state index in [1.165, 1.54) is 0 Å². The molecular weight excluding hydrogens is 280 g/mol. The minimum absolute atomic E-state index is 0.0867. The van der Waals surface area contributed by atoms with Crippen molar-refractivity contribution in [1.29, 1.82) is 0 Å². The first-order chi connectivity index (χ1) is 9.50. The summed E-state index contributed by atoms with van der Waals surface area (Å²) < 4.78 is 31.6. The number of carbonyl (C=O) groups excluding carboxylic acids is 1. The summed E-state index contributed by atoms with van der Waals surface area (Å²) in [6, 6.07) is 4.85. The number of hydrogen-bond donors (Lipinski definition) is 2.